The zero-order valence-electron chi connectivity index (χ0n) is 80.8. The molecule has 0 saturated carbocycles. The van der Waals surface area contributed by atoms with Crippen LogP contribution in [0.3, 0.4) is 0 Å². The van der Waals surface area contributed by atoms with Crippen LogP contribution in [0.5, 0.6) is 0 Å². The van der Waals surface area contributed by atoms with Gasteiger partial charge >= 0.3 is 24.2 Å². The number of hydrogen-bond donors (Lipinski definition) is 11. The quantitative estimate of drug-likeness (QED) is 0.0186. The van der Waals surface area contributed by atoms with Crippen LogP contribution in [0.15, 0.2) is 188 Å². The summed E-state index contributed by atoms with van der Waals surface area (Å²) in [6, 6.07) is 57.2. The normalized spacial score (nSPS) is 19.6. The van der Waals surface area contributed by atoms with Crippen LogP contribution >= 0.6 is 0 Å². The summed E-state index contributed by atoms with van der Waals surface area (Å²) in [5, 5.41) is 31.0. The van der Waals surface area contributed by atoms with E-state index in [1.54, 1.807) is 27.9 Å². The molecule has 11 N–H and O–H groups in total. The fourth-order valence-electron chi connectivity index (χ4n) is 19.2. The van der Waals surface area contributed by atoms with Gasteiger partial charge in [-0.15, -0.1) is 0 Å². The van der Waals surface area contributed by atoms with Gasteiger partial charge in [0.05, 0.1) is 34.9 Å². The average Bonchev–Trinajstić information content (AvgIpc) is 1.60. The Morgan fingerprint density at radius 2 is 0.601 bits per heavy atom. The second-order valence-corrected chi connectivity index (χ2v) is 37.1. The van der Waals surface area contributed by atoms with E-state index in [1.807, 2.05) is 147 Å². The summed E-state index contributed by atoms with van der Waals surface area (Å²) in [4.78, 5) is 155. The summed E-state index contributed by atoms with van der Waals surface area (Å²) in [6.07, 6.45) is 13.8. The first-order valence-electron chi connectivity index (χ1n) is 48.9. The van der Waals surface area contributed by atoms with E-state index in [0.717, 1.165) is 187 Å². The number of fused-ring (bicyclic) bond motifs is 4. The Kier molecular flexibility index (Phi) is 37.7. The van der Waals surface area contributed by atoms with Crippen LogP contribution < -0.4 is 31.9 Å². The van der Waals surface area contributed by atoms with E-state index in [2.05, 4.69) is 140 Å². The summed E-state index contributed by atoms with van der Waals surface area (Å²) in [5.74, 6) is -1.64. The van der Waals surface area contributed by atoms with Crippen molar-refractivity contribution in [2.75, 3.05) is 47.3 Å². The number of carbonyl (C=O) groups excluding carboxylic acids is 9. The molecule has 736 valence electrons. The van der Waals surface area contributed by atoms with E-state index in [-0.39, 0.29) is 86.9 Å². The molecule has 4 fully saturated rings. The molecule has 4 saturated heterocycles. The second kappa shape index (κ2) is 50.2. The first-order chi connectivity index (χ1) is 66.3. The molecule has 0 aliphatic carbocycles. The number of rotatable bonds is 30. The lowest BCUT2D eigenvalue weighted by Gasteiger charge is -2.35. The Balaban J connectivity index is 0.000000211. The number of aromatic amines is 4. The number of para-hydroxylation sites is 4. The van der Waals surface area contributed by atoms with Crippen LogP contribution in [0.4, 0.5) is 14.4 Å². The van der Waals surface area contributed by atoms with Crippen LogP contribution in [0.2, 0.25) is 0 Å². The van der Waals surface area contributed by atoms with Crippen molar-refractivity contribution >= 4 is 103 Å². The molecule has 11 atom stereocenters. The zero-order chi connectivity index (χ0) is 97.2. The van der Waals surface area contributed by atoms with Gasteiger partial charge in [0.15, 0.2) is 0 Å². The maximum absolute atomic E-state index is 14.4. The van der Waals surface area contributed by atoms with E-state index in [9.17, 15) is 47.9 Å². The minimum Gasteiger partial charge on any atom is -0.480 e. The van der Waals surface area contributed by atoms with E-state index in [4.69, 9.17) is 19.3 Å². The van der Waals surface area contributed by atoms with Crippen molar-refractivity contribution in [2.45, 2.75) is 271 Å². The molecule has 0 unspecified atom stereocenters. The van der Waals surface area contributed by atoms with Gasteiger partial charge in [0, 0.05) is 101 Å². The monoisotopic (exact) mass is 1880 g/mol. The van der Waals surface area contributed by atoms with Crippen molar-refractivity contribution in [1.82, 2.24) is 76.3 Å². The lowest BCUT2D eigenvalue weighted by atomic mass is 9.96. The topological polar surface area (TPSA) is 370 Å². The van der Waals surface area contributed by atoms with Crippen LogP contribution in [0.1, 0.15) is 198 Å². The fraction of sp³-hybridized carbons (Fsp3) is 0.450. The Bertz CT molecular complexity index is 5600. The predicted octanol–water partition coefficient (Wildman–Crippen LogP) is 17.1. The van der Waals surface area contributed by atoms with Gasteiger partial charge in [0.1, 0.15) is 50.0 Å². The third-order valence-corrected chi connectivity index (χ3v) is 27.8. The lowest BCUT2D eigenvalue weighted by Crippen LogP contribution is -2.55. The van der Waals surface area contributed by atoms with E-state index >= 15 is 0 Å². The number of ether oxygens (including phenoxy) is 3. The first kappa shape index (κ1) is 104. The van der Waals surface area contributed by atoms with Gasteiger partial charge in [-0.25, -0.2) is 19.2 Å². The first-order valence-corrected chi connectivity index (χ1v) is 48.9. The number of alkyl carbamates (subject to hydrolysis) is 2. The molecule has 11 aromatic rings. The van der Waals surface area contributed by atoms with Crippen LogP contribution in [0.25, 0.3) is 66.4 Å². The number of carboxylic acid groups (broad SMARTS) is 1. The Morgan fingerprint density at radius 3 is 0.862 bits per heavy atom. The van der Waals surface area contributed by atoms with Crippen molar-refractivity contribution in [3.8, 4) is 22.8 Å². The van der Waals surface area contributed by atoms with E-state index < -0.39 is 66.5 Å². The highest BCUT2D eigenvalue weighted by Gasteiger charge is 2.38. The number of nitrogens with zero attached hydrogens (tertiary/aromatic N) is 5. The Labute approximate surface area is 810 Å². The number of H-pyrrole nitrogens is 4. The van der Waals surface area contributed by atoms with Gasteiger partial charge in [-0.05, 0) is 203 Å². The maximum Gasteiger partial charge on any atom is 0.410 e. The molecular formula is C109H141N15O14. The molecule has 4 aliphatic rings. The smallest absolute Gasteiger partial charge is 0.410 e. The Hall–Kier alpha value is -13.3. The number of carbonyl (C=O) groups is 10. The molecule has 4 aromatic heterocycles. The van der Waals surface area contributed by atoms with Crippen molar-refractivity contribution in [3.05, 3.63) is 227 Å². The fourth-order valence-corrected chi connectivity index (χ4v) is 19.2. The van der Waals surface area contributed by atoms with Gasteiger partial charge < -0.3 is 90.8 Å². The van der Waals surface area contributed by atoms with Gasteiger partial charge in [-0.3, -0.25) is 33.7 Å². The highest BCUT2D eigenvalue weighted by molar-refractivity contribution is 5.99. The third kappa shape index (κ3) is 26.5. The summed E-state index contributed by atoms with van der Waals surface area (Å²) in [6.45, 7) is 15.8. The number of carboxylic acids is 1. The van der Waals surface area contributed by atoms with Gasteiger partial charge in [0.2, 0.25) is 35.4 Å². The summed E-state index contributed by atoms with van der Waals surface area (Å²) >= 11 is 0. The second-order valence-electron chi connectivity index (χ2n) is 37.1. The van der Waals surface area contributed by atoms with E-state index in [0.29, 0.717) is 77.5 Å². The van der Waals surface area contributed by atoms with E-state index in [1.165, 1.54) is 14.0 Å². The molecule has 0 radical (unpaired) electrons. The largest absolute Gasteiger partial charge is 0.480 e. The van der Waals surface area contributed by atoms with Crippen molar-refractivity contribution in [1.29, 1.82) is 0 Å². The standard InChI is InChI=1S/C52H60N6O6.C44H62N8O4.C12H15NO4.CH4/c1-35-17-9-13-27-45(55-51(61)63-33-37-19-5-3-6-20-37)49(59)57(35)31-29-41-39-23-11-15-25-43(39)53-47(41)48-42(40-24-12-16-26-44(40)54-48)30-32-58-36(2)18-10-14-28-46(50(58)60)56-52(62)64-34-38-21-7-4-8-22-38;1-27-15-7-11-21-37(49-41(53)29(3)45-5)43(55)51(27)25-23-33-31-17-9-13-19-35(31)47-39(33)40-34(32-18-10-14-20-36(32)48-40)24-26-52-28(2)16-8-12-22-38(44(52)56)50-42(54)30(4)46-6;1-9(11(14)15)13(2)12(16)17-8-10-6-4-3-5-7-10;/h3-8,11-12,15-16,19-26,35-36,45-46,53-54H,9-10,13-14,17-18,27-34H2,1-2H3,(H,55,61)(H,56,62);9-10,13-14,17-20,27-30,37-38,45-48H,7-8,11-12,15-16,21-26H2,1-6H3,(H,49,53)(H,50,54);3-7,9H,8H2,1-2H3,(H,14,15);1H4/t35-,36-,45+,46+;27-,28-,29+,30+,37+,38+;9-;/m110./s1. The third-order valence-electron chi connectivity index (χ3n) is 27.8. The summed E-state index contributed by atoms with van der Waals surface area (Å²) < 4.78 is 16.1. The van der Waals surface area contributed by atoms with Crippen LogP contribution in [-0.2, 0) is 93.3 Å². The minimum atomic E-state index is -1.07. The number of nitrogens with one attached hydrogen (secondary N) is 10. The number of benzene rings is 7. The molecule has 7 aromatic carbocycles. The number of likely N-dealkylation sites (N-methyl/N-ethyl adjacent to an activating group) is 3. The number of amides is 9. The SMILES string of the molecule is C.CN[C@@H](C)C(=O)N[C@H]1CCCC[C@@H](C)N(CCc2c(-c3[nH]c4ccccc4c3CCN3C(=O)[C@@H](NC(=O)[C@H](C)NC)CCCC[C@H]3C)[nH]c3ccccc23)C1=O.C[C@@H](C(=O)O)N(C)C(=O)OCc1ccccc1.C[C@@H]1CCCC[C@H](NC(=O)OCc2ccccc2)C(=O)N1CCc1c(-c2[nH]c3ccccc3c2CCN2C(=O)[C@@H](NC(=O)OCc3ccccc3)CCCC[C@H]2C)[nH]c2ccccc12. The van der Waals surface area contributed by atoms with Crippen molar-refractivity contribution in [2.24, 2.45) is 0 Å². The molecule has 0 bridgehead atoms. The minimum absolute atomic E-state index is 0. The number of aromatic nitrogens is 4. The summed E-state index contributed by atoms with van der Waals surface area (Å²) in [5.41, 5.74) is 14.9. The van der Waals surface area contributed by atoms with Gasteiger partial charge in [-0.1, -0.05) is 223 Å². The predicted molar refractivity (Wildman–Crippen MR) is 541 cm³/mol. The van der Waals surface area contributed by atoms with Crippen molar-refractivity contribution < 1.29 is 67.3 Å². The number of hydrogen-bond acceptors (Lipinski definition) is 15. The molecule has 15 rings (SSSR count). The number of aliphatic carboxylic acids is 1. The highest BCUT2D eigenvalue weighted by atomic mass is 16.6. The molecule has 0 spiro atoms. The molecule has 9 amide bonds. The van der Waals surface area contributed by atoms with Gasteiger partial charge in [-0.2, -0.15) is 0 Å². The van der Waals surface area contributed by atoms with Gasteiger partial charge in [0.25, 0.3) is 0 Å². The maximum atomic E-state index is 14.4. The molecule has 8 heterocycles. The van der Waals surface area contributed by atoms with Crippen LogP contribution in [-0.4, -0.2) is 223 Å². The lowest BCUT2D eigenvalue weighted by molar-refractivity contribution is -0.142. The highest BCUT2D eigenvalue weighted by Crippen LogP contribution is 2.40. The van der Waals surface area contributed by atoms with Crippen molar-refractivity contribution in [3.63, 3.8) is 0 Å². The zero-order valence-corrected chi connectivity index (χ0v) is 80.8. The molecule has 4 aliphatic heterocycles. The van der Waals surface area contributed by atoms with Crippen LogP contribution in [0, 0.1) is 0 Å². The molecule has 29 nitrogen and oxygen atoms in total. The molecular weight excluding hydrogens is 1740 g/mol. The molecule has 29 heteroatoms. The molecule has 138 heavy (non-hydrogen) atoms. The average molecular weight is 1890 g/mol. The number of likely N-dealkylation sites (tertiary alicyclic amines) is 4. The Morgan fingerprint density at radius 1 is 0.362 bits per heavy atom. The summed E-state index contributed by atoms with van der Waals surface area (Å²) in [7, 11) is 4.89.